The molecule has 32 heavy (non-hydrogen) atoms. The molecule has 3 heterocycles. The molecule has 2 saturated heterocycles. The van der Waals surface area contributed by atoms with Crippen LogP contribution in [0.2, 0.25) is 0 Å². The molecule has 0 spiro atoms. The molecule has 0 radical (unpaired) electrons. The highest BCUT2D eigenvalue weighted by atomic mass is 16.6. The molecule has 2 aromatic carbocycles. The SMILES string of the molecule is N#C/C=C1/c2ccccc2N=C(N2CCN(CCN3CCOC3=O)CC2)c2ccccc21. The van der Waals surface area contributed by atoms with Gasteiger partial charge in [-0.2, -0.15) is 5.26 Å². The minimum atomic E-state index is -0.201. The van der Waals surface area contributed by atoms with E-state index in [-0.39, 0.29) is 6.09 Å². The van der Waals surface area contributed by atoms with Gasteiger partial charge in [-0.1, -0.05) is 42.5 Å². The van der Waals surface area contributed by atoms with Crippen LogP contribution in [0.3, 0.4) is 0 Å². The minimum absolute atomic E-state index is 0.201. The number of carbonyl (C=O) groups excluding carboxylic acids is 1. The molecule has 3 aliphatic rings. The van der Waals surface area contributed by atoms with Gasteiger partial charge >= 0.3 is 6.09 Å². The molecular weight excluding hydrogens is 402 g/mol. The van der Waals surface area contributed by atoms with Crippen molar-refractivity contribution in [3.63, 3.8) is 0 Å². The second kappa shape index (κ2) is 8.85. The number of para-hydroxylation sites is 1. The average molecular weight is 428 g/mol. The van der Waals surface area contributed by atoms with Gasteiger partial charge in [-0.05, 0) is 11.6 Å². The highest BCUT2D eigenvalue weighted by molar-refractivity contribution is 6.08. The number of ether oxygens (including phenoxy) is 1. The zero-order chi connectivity index (χ0) is 21.9. The van der Waals surface area contributed by atoms with Crippen molar-refractivity contribution >= 4 is 23.2 Å². The van der Waals surface area contributed by atoms with E-state index in [0.717, 1.165) is 66.5 Å². The first-order chi connectivity index (χ1) is 15.7. The fourth-order valence-electron chi connectivity index (χ4n) is 4.57. The van der Waals surface area contributed by atoms with Gasteiger partial charge in [0.2, 0.25) is 0 Å². The first kappa shape index (κ1) is 20.3. The van der Waals surface area contributed by atoms with E-state index >= 15 is 0 Å². The summed E-state index contributed by atoms with van der Waals surface area (Å²) < 4.78 is 5.02. The Labute approximate surface area is 187 Å². The lowest BCUT2D eigenvalue weighted by molar-refractivity contribution is 0.144. The zero-order valence-corrected chi connectivity index (χ0v) is 17.9. The first-order valence-electron chi connectivity index (χ1n) is 11.0. The van der Waals surface area contributed by atoms with Gasteiger partial charge in [-0.25, -0.2) is 9.79 Å². The van der Waals surface area contributed by atoms with Crippen LogP contribution in [-0.4, -0.2) is 79.0 Å². The fraction of sp³-hybridized carbons (Fsp3) is 0.320. The Morgan fingerprint density at radius 3 is 2.38 bits per heavy atom. The lowest BCUT2D eigenvalue weighted by atomic mass is 9.93. The highest BCUT2D eigenvalue weighted by Crippen LogP contribution is 2.37. The van der Waals surface area contributed by atoms with Gasteiger partial charge in [0, 0.05) is 62.0 Å². The van der Waals surface area contributed by atoms with Crippen molar-refractivity contribution in [2.45, 2.75) is 0 Å². The quantitative estimate of drug-likeness (QED) is 0.704. The maximum absolute atomic E-state index is 11.7. The molecule has 0 saturated carbocycles. The molecule has 0 aliphatic carbocycles. The summed E-state index contributed by atoms with van der Waals surface area (Å²) in [5, 5.41) is 9.44. The summed E-state index contributed by atoms with van der Waals surface area (Å²) in [5.41, 5.74) is 4.86. The van der Waals surface area contributed by atoms with Crippen LogP contribution >= 0.6 is 0 Å². The van der Waals surface area contributed by atoms with Crippen LogP contribution in [0.15, 0.2) is 59.6 Å². The average Bonchev–Trinajstić information content (AvgIpc) is 3.19. The van der Waals surface area contributed by atoms with Crippen molar-refractivity contribution in [3.05, 3.63) is 71.3 Å². The summed E-state index contributed by atoms with van der Waals surface area (Å²) in [7, 11) is 0. The van der Waals surface area contributed by atoms with Crippen molar-refractivity contribution < 1.29 is 9.53 Å². The van der Waals surface area contributed by atoms with Crippen molar-refractivity contribution in [2.24, 2.45) is 4.99 Å². The second-order valence-corrected chi connectivity index (χ2v) is 8.12. The van der Waals surface area contributed by atoms with Gasteiger partial charge in [0.1, 0.15) is 12.4 Å². The fourth-order valence-corrected chi connectivity index (χ4v) is 4.57. The summed E-state index contributed by atoms with van der Waals surface area (Å²) in [6.07, 6.45) is 1.42. The van der Waals surface area contributed by atoms with Crippen molar-refractivity contribution in [2.75, 3.05) is 52.4 Å². The second-order valence-electron chi connectivity index (χ2n) is 8.12. The molecule has 3 aliphatic heterocycles. The number of fused-ring (bicyclic) bond motifs is 2. The standard InChI is InChI=1S/C25H25N5O2/c26-10-9-20-19-5-1-2-7-22(19)24(27-23-8-4-3-6-21(20)23)29-14-11-28(12-15-29)13-16-30-17-18-32-25(30)31/h1-9H,11-18H2/b20-9+. The molecule has 0 bridgehead atoms. The Morgan fingerprint density at radius 1 is 0.938 bits per heavy atom. The van der Waals surface area contributed by atoms with Gasteiger partial charge in [0.05, 0.1) is 18.3 Å². The Hall–Kier alpha value is -3.63. The van der Waals surface area contributed by atoms with Gasteiger partial charge in [-0.15, -0.1) is 0 Å². The van der Waals surface area contributed by atoms with E-state index in [9.17, 15) is 10.1 Å². The normalized spacial score (nSPS) is 19.7. The van der Waals surface area contributed by atoms with Gasteiger partial charge < -0.3 is 14.5 Å². The highest BCUT2D eigenvalue weighted by Gasteiger charge is 2.27. The van der Waals surface area contributed by atoms with Crippen molar-refractivity contribution in [3.8, 4) is 6.07 Å². The number of benzene rings is 2. The van der Waals surface area contributed by atoms with E-state index in [1.54, 1.807) is 11.0 Å². The number of aliphatic imine (C=N–C) groups is 1. The predicted octanol–water partition coefficient (Wildman–Crippen LogP) is 3.10. The third kappa shape index (κ3) is 3.85. The van der Waals surface area contributed by atoms with Crippen LogP contribution in [0.1, 0.15) is 16.7 Å². The summed E-state index contributed by atoms with van der Waals surface area (Å²) in [4.78, 5) is 23.3. The first-order valence-corrected chi connectivity index (χ1v) is 11.0. The van der Waals surface area contributed by atoms with Crippen LogP contribution in [0.4, 0.5) is 10.5 Å². The molecule has 0 atom stereocenters. The lowest BCUT2D eigenvalue weighted by Crippen LogP contribution is -2.50. The topological polar surface area (TPSA) is 72.2 Å². The molecule has 7 heteroatoms. The van der Waals surface area contributed by atoms with Crippen LogP contribution in [-0.2, 0) is 4.74 Å². The van der Waals surface area contributed by atoms with E-state index < -0.39 is 0 Å². The summed E-state index contributed by atoms with van der Waals surface area (Å²) in [6, 6.07) is 18.4. The van der Waals surface area contributed by atoms with Crippen LogP contribution < -0.4 is 0 Å². The number of piperazine rings is 1. The third-order valence-corrected chi connectivity index (χ3v) is 6.29. The molecule has 2 fully saturated rings. The molecule has 0 aromatic heterocycles. The van der Waals surface area contributed by atoms with Gasteiger partial charge in [-0.3, -0.25) is 4.90 Å². The number of nitrogens with zero attached hydrogens (tertiary/aromatic N) is 5. The number of hydrogen-bond donors (Lipinski definition) is 0. The van der Waals surface area contributed by atoms with Crippen LogP contribution in [0, 0.1) is 11.3 Å². The summed E-state index contributed by atoms with van der Waals surface area (Å²) in [5.74, 6) is 0.956. The Balaban J connectivity index is 1.38. The van der Waals surface area contributed by atoms with Gasteiger partial charge in [0.25, 0.3) is 0 Å². The molecule has 7 nitrogen and oxygen atoms in total. The Morgan fingerprint density at radius 2 is 1.66 bits per heavy atom. The largest absolute Gasteiger partial charge is 0.448 e. The summed E-state index contributed by atoms with van der Waals surface area (Å²) in [6.45, 7) is 6.27. The third-order valence-electron chi connectivity index (χ3n) is 6.29. The van der Waals surface area contributed by atoms with Crippen molar-refractivity contribution in [1.29, 1.82) is 5.26 Å². The maximum atomic E-state index is 11.7. The number of hydrogen-bond acceptors (Lipinski definition) is 6. The lowest BCUT2D eigenvalue weighted by Gasteiger charge is -2.37. The van der Waals surface area contributed by atoms with E-state index in [0.29, 0.717) is 19.7 Å². The van der Waals surface area contributed by atoms with Crippen molar-refractivity contribution in [1.82, 2.24) is 14.7 Å². The van der Waals surface area contributed by atoms with Crippen LogP contribution in [0.5, 0.6) is 0 Å². The van der Waals surface area contributed by atoms with Crippen LogP contribution in [0.25, 0.3) is 5.57 Å². The number of amidine groups is 1. The number of rotatable bonds is 3. The molecule has 0 N–H and O–H groups in total. The molecule has 162 valence electrons. The number of allylic oxidation sites excluding steroid dienone is 1. The van der Waals surface area contributed by atoms with E-state index in [4.69, 9.17) is 9.73 Å². The van der Waals surface area contributed by atoms with E-state index in [1.165, 1.54) is 0 Å². The minimum Gasteiger partial charge on any atom is -0.448 e. The van der Waals surface area contributed by atoms with E-state index in [1.807, 2.05) is 36.4 Å². The number of cyclic esters (lactones) is 1. The molecule has 0 unspecified atom stereocenters. The van der Waals surface area contributed by atoms with E-state index in [2.05, 4.69) is 28.0 Å². The zero-order valence-electron chi connectivity index (χ0n) is 17.9. The maximum Gasteiger partial charge on any atom is 0.409 e. The summed E-state index contributed by atoms with van der Waals surface area (Å²) >= 11 is 0. The smallest absolute Gasteiger partial charge is 0.409 e. The Bertz CT molecular complexity index is 1130. The Kier molecular flexibility index (Phi) is 5.61. The number of carbonyl (C=O) groups is 1. The molecule has 1 amide bonds. The monoisotopic (exact) mass is 427 g/mol. The predicted molar refractivity (Wildman–Crippen MR) is 123 cm³/mol. The number of amides is 1. The number of nitriles is 1. The van der Waals surface area contributed by atoms with Gasteiger partial charge in [0.15, 0.2) is 0 Å². The molecule has 2 aromatic rings. The molecular formula is C25H25N5O2. The molecule has 5 rings (SSSR count).